The van der Waals surface area contributed by atoms with Crippen molar-refractivity contribution in [1.29, 1.82) is 0 Å². The van der Waals surface area contributed by atoms with Gasteiger partial charge in [0.25, 0.3) is 0 Å². The Morgan fingerprint density at radius 2 is 2.10 bits per heavy atom. The van der Waals surface area contributed by atoms with E-state index in [1.165, 1.54) is 12.3 Å². The monoisotopic (exact) mass is 294 g/mol. The summed E-state index contributed by atoms with van der Waals surface area (Å²) in [7, 11) is 3.82. The zero-order valence-electron chi connectivity index (χ0n) is 11.4. The van der Waals surface area contributed by atoms with Gasteiger partial charge in [0.2, 0.25) is 0 Å². The fraction of sp³-hybridized carbons (Fsp3) is 0.286. The predicted octanol–water partition coefficient (Wildman–Crippen LogP) is 2.94. The number of aromatic nitrogens is 2. The third-order valence-corrected chi connectivity index (χ3v) is 2.86. The summed E-state index contributed by atoms with van der Waals surface area (Å²) >= 11 is 5.76. The standard InChI is InChI=1S/C14H16ClFN4/c1-20(2)9-11-5-10(3-4-12(11)16)6-18-14-8-17-7-13(15)19-14/h3-5,7-8H,6,9H2,1-2H3,(H,18,19). The van der Waals surface area contributed by atoms with Crippen molar-refractivity contribution in [1.82, 2.24) is 14.9 Å². The Morgan fingerprint density at radius 3 is 2.80 bits per heavy atom. The van der Waals surface area contributed by atoms with Crippen LogP contribution in [0.5, 0.6) is 0 Å². The average Bonchev–Trinajstić information content (AvgIpc) is 2.39. The van der Waals surface area contributed by atoms with E-state index in [2.05, 4.69) is 15.3 Å². The van der Waals surface area contributed by atoms with E-state index in [1.807, 2.05) is 25.1 Å². The van der Waals surface area contributed by atoms with Crippen LogP contribution < -0.4 is 5.32 Å². The SMILES string of the molecule is CN(C)Cc1cc(CNc2cncc(Cl)n2)ccc1F. The molecule has 20 heavy (non-hydrogen) atoms. The summed E-state index contributed by atoms with van der Waals surface area (Å²) in [6.07, 6.45) is 3.07. The van der Waals surface area contributed by atoms with Gasteiger partial charge in [-0.1, -0.05) is 17.7 Å². The molecule has 106 valence electrons. The van der Waals surface area contributed by atoms with Crippen LogP contribution in [0.15, 0.2) is 30.6 Å². The van der Waals surface area contributed by atoms with Crippen molar-refractivity contribution in [2.24, 2.45) is 0 Å². The molecule has 2 aromatic rings. The summed E-state index contributed by atoms with van der Waals surface area (Å²) in [4.78, 5) is 9.96. The zero-order chi connectivity index (χ0) is 14.5. The minimum Gasteiger partial charge on any atom is -0.365 e. The van der Waals surface area contributed by atoms with Crippen LogP contribution in [0, 0.1) is 5.82 Å². The van der Waals surface area contributed by atoms with Gasteiger partial charge in [-0.25, -0.2) is 9.37 Å². The lowest BCUT2D eigenvalue weighted by atomic mass is 10.1. The molecule has 0 spiro atoms. The number of hydrogen-bond donors (Lipinski definition) is 1. The Hall–Kier alpha value is -1.72. The number of benzene rings is 1. The Balaban J connectivity index is 2.06. The minimum atomic E-state index is -0.190. The van der Waals surface area contributed by atoms with Crippen molar-refractivity contribution < 1.29 is 4.39 Å². The Morgan fingerprint density at radius 1 is 1.30 bits per heavy atom. The fourth-order valence-electron chi connectivity index (χ4n) is 1.82. The second kappa shape index (κ2) is 6.63. The third kappa shape index (κ3) is 4.15. The molecule has 0 aliphatic rings. The number of nitrogens with one attached hydrogen (secondary N) is 1. The summed E-state index contributed by atoms with van der Waals surface area (Å²) in [5.74, 6) is 0.404. The van der Waals surface area contributed by atoms with Gasteiger partial charge in [-0.3, -0.25) is 4.98 Å². The highest BCUT2D eigenvalue weighted by molar-refractivity contribution is 6.29. The van der Waals surface area contributed by atoms with Crippen molar-refractivity contribution in [2.45, 2.75) is 13.1 Å². The molecular formula is C14H16ClFN4. The second-order valence-corrected chi connectivity index (χ2v) is 5.13. The van der Waals surface area contributed by atoms with E-state index in [-0.39, 0.29) is 5.82 Å². The molecule has 0 aliphatic heterocycles. The van der Waals surface area contributed by atoms with Gasteiger partial charge in [0.15, 0.2) is 0 Å². The van der Waals surface area contributed by atoms with Crippen molar-refractivity contribution in [3.8, 4) is 0 Å². The number of nitrogens with zero attached hydrogens (tertiary/aromatic N) is 3. The van der Waals surface area contributed by atoms with Gasteiger partial charge in [-0.2, -0.15) is 0 Å². The van der Waals surface area contributed by atoms with Gasteiger partial charge in [-0.15, -0.1) is 0 Å². The third-order valence-electron chi connectivity index (χ3n) is 2.68. The molecule has 2 rings (SSSR count). The molecule has 0 unspecified atom stereocenters. The first-order valence-corrected chi connectivity index (χ1v) is 6.56. The van der Waals surface area contributed by atoms with Gasteiger partial charge < -0.3 is 10.2 Å². The topological polar surface area (TPSA) is 41.0 Å². The van der Waals surface area contributed by atoms with Crippen LogP contribution >= 0.6 is 11.6 Å². The highest BCUT2D eigenvalue weighted by Crippen LogP contribution is 2.14. The zero-order valence-corrected chi connectivity index (χ0v) is 12.2. The van der Waals surface area contributed by atoms with E-state index in [0.29, 0.717) is 29.6 Å². The highest BCUT2D eigenvalue weighted by atomic mass is 35.5. The summed E-state index contributed by atoms with van der Waals surface area (Å²) in [5, 5.41) is 3.44. The van der Waals surface area contributed by atoms with Crippen molar-refractivity contribution in [2.75, 3.05) is 19.4 Å². The fourth-order valence-corrected chi connectivity index (χ4v) is 1.97. The van der Waals surface area contributed by atoms with E-state index in [9.17, 15) is 4.39 Å². The Bertz CT molecular complexity index is 589. The molecule has 1 heterocycles. The van der Waals surface area contributed by atoms with Crippen LogP contribution in [-0.4, -0.2) is 29.0 Å². The smallest absolute Gasteiger partial charge is 0.149 e. The largest absolute Gasteiger partial charge is 0.365 e. The van der Waals surface area contributed by atoms with Gasteiger partial charge in [-0.05, 0) is 31.8 Å². The molecule has 0 radical (unpaired) electrons. The quantitative estimate of drug-likeness (QED) is 0.920. The Kier molecular flexibility index (Phi) is 4.87. The van der Waals surface area contributed by atoms with Gasteiger partial charge in [0.05, 0.1) is 12.4 Å². The van der Waals surface area contributed by atoms with Crippen LogP contribution in [-0.2, 0) is 13.1 Å². The number of halogens is 2. The van der Waals surface area contributed by atoms with Gasteiger partial charge in [0.1, 0.15) is 16.8 Å². The van der Waals surface area contributed by atoms with E-state index in [4.69, 9.17) is 11.6 Å². The van der Waals surface area contributed by atoms with Crippen molar-refractivity contribution >= 4 is 17.4 Å². The lowest BCUT2D eigenvalue weighted by Crippen LogP contribution is -2.12. The van der Waals surface area contributed by atoms with E-state index in [1.54, 1.807) is 12.3 Å². The van der Waals surface area contributed by atoms with E-state index in [0.717, 1.165) is 5.56 Å². The molecule has 1 N–H and O–H groups in total. The molecule has 0 fully saturated rings. The maximum absolute atomic E-state index is 13.7. The average molecular weight is 295 g/mol. The van der Waals surface area contributed by atoms with Crippen LogP contribution in [0.1, 0.15) is 11.1 Å². The van der Waals surface area contributed by atoms with Crippen molar-refractivity contribution in [3.63, 3.8) is 0 Å². The van der Waals surface area contributed by atoms with E-state index < -0.39 is 0 Å². The van der Waals surface area contributed by atoms with Crippen LogP contribution in [0.4, 0.5) is 10.2 Å². The lowest BCUT2D eigenvalue weighted by molar-refractivity contribution is 0.392. The molecular weight excluding hydrogens is 279 g/mol. The van der Waals surface area contributed by atoms with Crippen LogP contribution in [0.3, 0.4) is 0 Å². The molecule has 1 aromatic heterocycles. The minimum absolute atomic E-state index is 0.190. The Labute approximate surface area is 122 Å². The first kappa shape index (κ1) is 14.7. The lowest BCUT2D eigenvalue weighted by Gasteiger charge is -2.12. The van der Waals surface area contributed by atoms with Crippen LogP contribution in [0.2, 0.25) is 5.15 Å². The van der Waals surface area contributed by atoms with E-state index >= 15 is 0 Å². The molecule has 1 aromatic carbocycles. The molecule has 0 bridgehead atoms. The molecule has 0 aliphatic carbocycles. The molecule has 4 nitrogen and oxygen atoms in total. The predicted molar refractivity (Wildman–Crippen MR) is 78.2 cm³/mol. The first-order valence-electron chi connectivity index (χ1n) is 6.18. The second-order valence-electron chi connectivity index (χ2n) is 4.74. The maximum Gasteiger partial charge on any atom is 0.149 e. The van der Waals surface area contributed by atoms with Crippen molar-refractivity contribution in [3.05, 3.63) is 52.7 Å². The molecule has 0 amide bonds. The summed E-state index contributed by atoms with van der Waals surface area (Å²) < 4.78 is 13.7. The summed E-state index contributed by atoms with van der Waals surface area (Å²) in [5.41, 5.74) is 1.65. The number of anilines is 1. The first-order chi connectivity index (χ1) is 9.54. The van der Waals surface area contributed by atoms with Gasteiger partial charge >= 0.3 is 0 Å². The molecule has 0 saturated heterocycles. The molecule has 0 atom stereocenters. The highest BCUT2D eigenvalue weighted by Gasteiger charge is 2.05. The molecule has 0 saturated carbocycles. The van der Waals surface area contributed by atoms with Gasteiger partial charge in [0, 0.05) is 18.7 Å². The normalized spacial score (nSPS) is 10.8. The number of hydrogen-bond acceptors (Lipinski definition) is 4. The summed E-state index contributed by atoms with van der Waals surface area (Å²) in [6, 6.07) is 5.08. The number of rotatable bonds is 5. The maximum atomic E-state index is 13.7. The molecule has 6 heteroatoms. The van der Waals surface area contributed by atoms with Crippen LogP contribution in [0.25, 0.3) is 0 Å². The summed E-state index contributed by atoms with van der Waals surface area (Å²) in [6.45, 7) is 1.10.